The topological polar surface area (TPSA) is 84.7 Å². The monoisotopic (exact) mass is 397 g/mol. The zero-order valence-corrected chi connectivity index (χ0v) is 16.4. The summed E-state index contributed by atoms with van der Waals surface area (Å²) in [6.07, 6.45) is 3.23. The number of nitrogens with zero attached hydrogens (tertiary/aromatic N) is 1. The Morgan fingerprint density at radius 1 is 1.14 bits per heavy atom. The Morgan fingerprint density at radius 2 is 1.82 bits per heavy atom. The molecule has 2 rings (SSSR count). The molecule has 7 heteroatoms. The van der Waals surface area contributed by atoms with E-state index in [2.05, 4.69) is 5.32 Å². The number of hydrogen-bond donors (Lipinski definition) is 2. The molecule has 0 aromatic heterocycles. The van der Waals surface area contributed by atoms with Crippen LogP contribution in [-0.2, 0) is 16.1 Å². The molecule has 0 bridgehead atoms. The van der Waals surface area contributed by atoms with E-state index in [4.69, 9.17) is 22.7 Å². The van der Waals surface area contributed by atoms with Crippen molar-refractivity contribution in [3.8, 4) is 5.75 Å². The minimum Gasteiger partial charge on any atom is -0.497 e. The summed E-state index contributed by atoms with van der Waals surface area (Å²) in [5.41, 5.74) is 7.12. The largest absolute Gasteiger partial charge is 0.497 e. The summed E-state index contributed by atoms with van der Waals surface area (Å²) in [6.45, 7) is 0.793. The van der Waals surface area contributed by atoms with Gasteiger partial charge in [-0.15, -0.1) is 0 Å². The fraction of sp³-hybridized carbons (Fsp3) is 0.190. The van der Waals surface area contributed by atoms with E-state index in [0.29, 0.717) is 13.1 Å². The van der Waals surface area contributed by atoms with Gasteiger partial charge in [0.1, 0.15) is 5.75 Å². The van der Waals surface area contributed by atoms with E-state index >= 15 is 0 Å². The maximum Gasteiger partial charge on any atom is 0.250 e. The highest BCUT2D eigenvalue weighted by Crippen LogP contribution is 2.12. The van der Waals surface area contributed by atoms with Crippen molar-refractivity contribution in [2.45, 2.75) is 13.0 Å². The lowest BCUT2D eigenvalue weighted by molar-refractivity contribution is -0.118. The quantitative estimate of drug-likeness (QED) is 0.528. The van der Waals surface area contributed by atoms with Crippen LogP contribution in [0.5, 0.6) is 5.75 Å². The summed E-state index contributed by atoms with van der Waals surface area (Å²) in [5.74, 6) is -0.0293. The second kappa shape index (κ2) is 10.8. The van der Waals surface area contributed by atoms with Crippen LogP contribution in [0.2, 0.25) is 0 Å². The van der Waals surface area contributed by atoms with Crippen molar-refractivity contribution in [3.05, 3.63) is 71.8 Å². The Kier molecular flexibility index (Phi) is 8.17. The van der Waals surface area contributed by atoms with E-state index in [0.717, 1.165) is 16.9 Å². The van der Waals surface area contributed by atoms with Crippen LogP contribution in [-0.4, -0.2) is 35.5 Å². The molecule has 2 aromatic rings. The molecule has 2 amide bonds. The highest BCUT2D eigenvalue weighted by atomic mass is 32.1. The lowest BCUT2D eigenvalue weighted by atomic mass is 10.2. The average Bonchev–Trinajstić information content (AvgIpc) is 2.70. The fourth-order valence-corrected chi connectivity index (χ4v) is 2.67. The van der Waals surface area contributed by atoms with Gasteiger partial charge in [0.05, 0.1) is 7.11 Å². The number of thiocarbonyl (C=S) groups is 1. The summed E-state index contributed by atoms with van der Waals surface area (Å²) in [4.78, 5) is 25.1. The van der Waals surface area contributed by atoms with Gasteiger partial charge in [0.25, 0.3) is 0 Å². The Labute approximate surface area is 170 Å². The summed E-state index contributed by atoms with van der Waals surface area (Å²) < 4.78 is 5.10. The molecular weight excluding hydrogens is 374 g/mol. The van der Waals surface area contributed by atoms with E-state index in [1.807, 2.05) is 54.6 Å². The minimum absolute atomic E-state index is 0.143. The molecule has 6 nitrogen and oxygen atoms in total. The molecule has 0 saturated heterocycles. The van der Waals surface area contributed by atoms with Crippen molar-refractivity contribution in [2.75, 3.05) is 13.7 Å². The smallest absolute Gasteiger partial charge is 0.250 e. The van der Waals surface area contributed by atoms with Gasteiger partial charge in [-0.3, -0.25) is 14.9 Å². The highest BCUT2D eigenvalue weighted by Gasteiger charge is 2.13. The van der Waals surface area contributed by atoms with Gasteiger partial charge in [-0.2, -0.15) is 0 Å². The SMILES string of the molecule is COc1ccc(/C=C/C(=O)NC(=S)N(CCC(N)=O)Cc2ccccc2)cc1. The molecule has 2 aromatic carbocycles. The number of primary amides is 1. The molecular formula is C21H23N3O3S. The first-order valence-electron chi connectivity index (χ1n) is 8.72. The first-order valence-corrected chi connectivity index (χ1v) is 9.13. The van der Waals surface area contributed by atoms with Crippen LogP contribution >= 0.6 is 12.2 Å². The molecule has 0 atom stereocenters. The lowest BCUT2D eigenvalue weighted by Gasteiger charge is -2.24. The van der Waals surface area contributed by atoms with Crippen molar-refractivity contribution in [2.24, 2.45) is 5.73 Å². The number of nitrogens with two attached hydrogens (primary N) is 1. The van der Waals surface area contributed by atoms with Gasteiger partial charge in [-0.05, 0) is 41.6 Å². The van der Waals surface area contributed by atoms with Gasteiger partial charge in [-0.25, -0.2) is 0 Å². The van der Waals surface area contributed by atoms with E-state index in [9.17, 15) is 9.59 Å². The third kappa shape index (κ3) is 7.20. The second-order valence-corrected chi connectivity index (χ2v) is 6.41. The number of carbonyl (C=O) groups excluding carboxylic acids is 2. The molecule has 28 heavy (non-hydrogen) atoms. The molecule has 0 radical (unpaired) electrons. The molecule has 0 spiro atoms. The van der Waals surface area contributed by atoms with Gasteiger partial charge in [0.15, 0.2) is 5.11 Å². The fourth-order valence-electron chi connectivity index (χ4n) is 2.41. The average molecular weight is 398 g/mol. The molecule has 0 aliphatic carbocycles. The van der Waals surface area contributed by atoms with E-state index in [1.54, 1.807) is 18.1 Å². The minimum atomic E-state index is -0.424. The molecule has 0 aliphatic heterocycles. The van der Waals surface area contributed by atoms with Gasteiger partial charge < -0.3 is 15.4 Å². The second-order valence-electron chi connectivity index (χ2n) is 6.02. The zero-order valence-electron chi connectivity index (χ0n) is 15.6. The lowest BCUT2D eigenvalue weighted by Crippen LogP contribution is -2.43. The van der Waals surface area contributed by atoms with Crippen molar-refractivity contribution >= 4 is 35.2 Å². The van der Waals surface area contributed by atoms with Crippen LogP contribution < -0.4 is 15.8 Å². The number of nitrogens with one attached hydrogen (secondary N) is 1. The first kappa shape index (κ1) is 21.1. The maximum absolute atomic E-state index is 12.2. The molecule has 146 valence electrons. The number of ether oxygens (including phenoxy) is 1. The number of hydrogen-bond acceptors (Lipinski definition) is 4. The first-order chi connectivity index (χ1) is 13.5. The maximum atomic E-state index is 12.2. The number of carbonyl (C=O) groups is 2. The Bertz CT molecular complexity index is 836. The van der Waals surface area contributed by atoms with Crippen LogP contribution in [0.3, 0.4) is 0 Å². The third-order valence-corrected chi connectivity index (χ3v) is 4.26. The molecule has 0 fully saturated rings. The molecule has 3 N–H and O–H groups in total. The standard InChI is InChI=1S/C21H23N3O3S/c1-27-18-10-7-16(8-11-18)9-12-20(26)23-21(28)24(14-13-19(22)25)15-17-5-3-2-4-6-17/h2-12H,13-15H2,1H3,(H2,22,25)(H,23,26,28)/b12-9+. The predicted octanol–water partition coefficient (Wildman–Crippen LogP) is 2.49. The summed E-state index contributed by atoms with van der Waals surface area (Å²) >= 11 is 5.36. The Hall–Kier alpha value is -3.19. The predicted molar refractivity (Wildman–Crippen MR) is 113 cm³/mol. The van der Waals surface area contributed by atoms with Crippen molar-refractivity contribution < 1.29 is 14.3 Å². The van der Waals surface area contributed by atoms with Crippen LogP contribution in [0.15, 0.2) is 60.7 Å². The number of amides is 2. The summed E-state index contributed by atoms with van der Waals surface area (Å²) in [5, 5.41) is 2.92. The zero-order chi connectivity index (χ0) is 20.4. The highest BCUT2D eigenvalue weighted by molar-refractivity contribution is 7.80. The Balaban J connectivity index is 1.98. The van der Waals surface area contributed by atoms with Gasteiger partial charge in [0, 0.05) is 25.6 Å². The van der Waals surface area contributed by atoms with Crippen LogP contribution in [0.4, 0.5) is 0 Å². The Morgan fingerprint density at radius 3 is 2.43 bits per heavy atom. The van der Waals surface area contributed by atoms with Crippen molar-refractivity contribution in [3.63, 3.8) is 0 Å². The molecule has 0 saturated carbocycles. The van der Waals surface area contributed by atoms with E-state index in [1.165, 1.54) is 6.08 Å². The molecule has 0 unspecified atom stereocenters. The normalized spacial score (nSPS) is 10.5. The van der Waals surface area contributed by atoms with Crippen LogP contribution in [0.25, 0.3) is 6.08 Å². The number of benzene rings is 2. The van der Waals surface area contributed by atoms with Gasteiger partial charge in [0.2, 0.25) is 11.8 Å². The summed E-state index contributed by atoms with van der Waals surface area (Å²) in [7, 11) is 1.60. The van der Waals surface area contributed by atoms with Gasteiger partial charge >= 0.3 is 0 Å². The molecule has 0 heterocycles. The van der Waals surface area contributed by atoms with E-state index in [-0.39, 0.29) is 17.4 Å². The summed E-state index contributed by atoms with van der Waals surface area (Å²) in [6, 6.07) is 17.0. The van der Waals surface area contributed by atoms with Crippen LogP contribution in [0, 0.1) is 0 Å². The van der Waals surface area contributed by atoms with Crippen molar-refractivity contribution in [1.82, 2.24) is 10.2 Å². The molecule has 0 aliphatic rings. The van der Waals surface area contributed by atoms with Gasteiger partial charge in [-0.1, -0.05) is 42.5 Å². The third-order valence-electron chi connectivity index (χ3n) is 3.90. The number of rotatable bonds is 8. The van der Waals surface area contributed by atoms with Crippen LogP contribution in [0.1, 0.15) is 17.5 Å². The van der Waals surface area contributed by atoms with E-state index < -0.39 is 5.91 Å². The number of methoxy groups -OCH3 is 1. The van der Waals surface area contributed by atoms with Crippen molar-refractivity contribution in [1.29, 1.82) is 0 Å².